The van der Waals surface area contributed by atoms with Crippen LogP contribution in [0.4, 0.5) is 5.69 Å². The number of likely N-dealkylation sites (N-methyl/N-ethyl adjacent to an activating group) is 1. The van der Waals surface area contributed by atoms with Crippen molar-refractivity contribution in [2.45, 2.75) is 31.3 Å². The van der Waals surface area contributed by atoms with Crippen LogP contribution >= 0.6 is 39.1 Å². The Balaban J connectivity index is 2.07. The number of nitrogens with one attached hydrogen (secondary N) is 1. The highest BCUT2D eigenvalue weighted by molar-refractivity contribution is 9.10. The second-order valence-electron chi connectivity index (χ2n) is 8.34. The van der Waals surface area contributed by atoms with E-state index in [4.69, 9.17) is 23.2 Å². The summed E-state index contributed by atoms with van der Waals surface area (Å²) in [5.74, 6) is -0.982. The minimum atomic E-state index is -4.23. The first-order valence-corrected chi connectivity index (χ1v) is 14.2. The van der Waals surface area contributed by atoms with Crippen LogP contribution in [0.5, 0.6) is 0 Å². The molecule has 3 aromatic rings. The number of sulfonamides is 1. The molecule has 0 aliphatic rings. The summed E-state index contributed by atoms with van der Waals surface area (Å²) in [6.45, 7) is 2.91. The van der Waals surface area contributed by atoms with Gasteiger partial charge in [0.1, 0.15) is 12.6 Å². The van der Waals surface area contributed by atoms with Gasteiger partial charge < -0.3 is 10.2 Å². The van der Waals surface area contributed by atoms with Gasteiger partial charge in [0.05, 0.1) is 20.6 Å². The van der Waals surface area contributed by atoms with Gasteiger partial charge in [0.15, 0.2) is 0 Å². The second kappa shape index (κ2) is 12.3. The Morgan fingerprint density at radius 1 is 1.00 bits per heavy atom. The number of benzene rings is 3. The lowest BCUT2D eigenvalue weighted by Gasteiger charge is -2.32. The van der Waals surface area contributed by atoms with Crippen molar-refractivity contribution in [1.29, 1.82) is 0 Å². The third-order valence-corrected chi connectivity index (χ3v) is 8.88. The quantitative estimate of drug-likeness (QED) is 0.344. The summed E-state index contributed by atoms with van der Waals surface area (Å²) in [6.07, 6.45) is 0. The van der Waals surface area contributed by atoms with E-state index >= 15 is 0 Å². The average molecular weight is 627 g/mol. The van der Waals surface area contributed by atoms with Gasteiger partial charge in [-0.2, -0.15) is 0 Å². The summed E-state index contributed by atoms with van der Waals surface area (Å²) in [6, 6.07) is 17.2. The SMILES string of the molecule is CNC(=O)[C@@H](C)N(Cc1ccc(Br)cc1)C(=O)CN(c1cccc(Cl)c1Cl)S(=O)(=O)c1ccc(C)cc1. The largest absolute Gasteiger partial charge is 0.357 e. The summed E-state index contributed by atoms with van der Waals surface area (Å²) in [5.41, 5.74) is 1.70. The van der Waals surface area contributed by atoms with Crippen molar-refractivity contribution >= 4 is 66.7 Å². The maximum absolute atomic E-state index is 13.8. The van der Waals surface area contributed by atoms with E-state index in [0.717, 1.165) is 19.9 Å². The summed E-state index contributed by atoms with van der Waals surface area (Å²) < 4.78 is 29.4. The van der Waals surface area contributed by atoms with E-state index < -0.39 is 28.5 Å². The van der Waals surface area contributed by atoms with E-state index in [9.17, 15) is 18.0 Å². The molecule has 0 unspecified atom stereocenters. The maximum atomic E-state index is 13.8. The van der Waals surface area contributed by atoms with Gasteiger partial charge in [0.2, 0.25) is 11.8 Å². The predicted molar refractivity (Wildman–Crippen MR) is 150 cm³/mol. The minimum absolute atomic E-state index is 0.00790. The van der Waals surface area contributed by atoms with E-state index in [-0.39, 0.29) is 33.1 Å². The van der Waals surface area contributed by atoms with E-state index in [1.165, 1.54) is 36.2 Å². The van der Waals surface area contributed by atoms with Gasteiger partial charge in [-0.1, -0.05) is 75.0 Å². The molecule has 11 heteroatoms. The first-order valence-electron chi connectivity index (χ1n) is 11.2. The molecule has 0 spiro atoms. The fourth-order valence-corrected chi connectivity index (χ4v) is 5.75. The first kappa shape index (κ1) is 29.0. The fraction of sp³-hybridized carbons (Fsp3) is 0.231. The molecule has 0 aromatic heterocycles. The Kier molecular flexibility index (Phi) is 9.63. The molecule has 0 radical (unpaired) electrons. The van der Waals surface area contributed by atoms with Crippen LogP contribution in [0, 0.1) is 6.92 Å². The molecular weight excluding hydrogens is 601 g/mol. The summed E-state index contributed by atoms with van der Waals surface area (Å²) in [4.78, 5) is 27.6. The number of hydrogen-bond donors (Lipinski definition) is 1. The number of halogens is 3. The number of aryl methyl sites for hydroxylation is 1. The van der Waals surface area contributed by atoms with Gasteiger partial charge in [-0.25, -0.2) is 8.42 Å². The molecule has 7 nitrogen and oxygen atoms in total. The normalized spacial score (nSPS) is 12.1. The molecule has 3 rings (SSSR count). The van der Waals surface area contributed by atoms with E-state index in [0.29, 0.717) is 0 Å². The number of amides is 2. The maximum Gasteiger partial charge on any atom is 0.264 e. The van der Waals surface area contributed by atoms with Crippen LogP contribution in [-0.4, -0.2) is 44.8 Å². The highest BCUT2D eigenvalue weighted by Crippen LogP contribution is 2.35. The van der Waals surface area contributed by atoms with Gasteiger partial charge >= 0.3 is 0 Å². The van der Waals surface area contributed by atoms with Crippen LogP contribution in [0.2, 0.25) is 10.0 Å². The number of carbonyl (C=O) groups is 2. The molecule has 37 heavy (non-hydrogen) atoms. The third-order valence-electron chi connectivity index (χ3n) is 5.77. The lowest BCUT2D eigenvalue weighted by atomic mass is 10.1. The van der Waals surface area contributed by atoms with Crippen LogP contribution in [-0.2, 0) is 26.2 Å². The molecule has 196 valence electrons. The number of carbonyl (C=O) groups excluding carboxylic acids is 2. The van der Waals surface area contributed by atoms with Crippen molar-refractivity contribution < 1.29 is 18.0 Å². The molecule has 2 amide bonds. The van der Waals surface area contributed by atoms with Crippen molar-refractivity contribution in [3.05, 3.63) is 92.4 Å². The van der Waals surface area contributed by atoms with E-state index in [1.54, 1.807) is 25.1 Å². The Bertz CT molecular complexity index is 1380. The standard InChI is InChI=1S/C26H26BrCl2N3O4S/c1-17-7-13-21(14-8-17)37(35,36)32(23-6-4-5-22(28)25(23)29)16-24(33)31(18(2)26(34)30-3)15-19-9-11-20(27)12-10-19/h4-14,18H,15-16H2,1-3H3,(H,30,34)/t18-/m1/s1. The molecule has 0 aliphatic carbocycles. The van der Waals surface area contributed by atoms with Crippen LogP contribution < -0.4 is 9.62 Å². The Labute approximate surface area is 235 Å². The molecule has 1 atom stereocenters. The molecule has 0 saturated heterocycles. The number of rotatable bonds is 9. The van der Waals surface area contributed by atoms with Gasteiger partial charge in [-0.3, -0.25) is 13.9 Å². The Morgan fingerprint density at radius 2 is 1.62 bits per heavy atom. The van der Waals surface area contributed by atoms with Crippen LogP contribution in [0.25, 0.3) is 0 Å². The molecule has 1 N–H and O–H groups in total. The lowest BCUT2D eigenvalue weighted by Crippen LogP contribution is -2.50. The van der Waals surface area contributed by atoms with E-state index in [2.05, 4.69) is 21.2 Å². The molecule has 0 fully saturated rings. The molecule has 0 saturated carbocycles. The monoisotopic (exact) mass is 625 g/mol. The molecular formula is C26H26BrCl2N3O4S. The zero-order valence-electron chi connectivity index (χ0n) is 20.4. The highest BCUT2D eigenvalue weighted by atomic mass is 79.9. The number of nitrogens with zero attached hydrogens (tertiary/aromatic N) is 2. The first-order chi connectivity index (χ1) is 17.4. The number of hydrogen-bond acceptors (Lipinski definition) is 4. The highest BCUT2D eigenvalue weighted by Gasteiger charge is 2.33. The summed E-state index contributed by atoms with van der Waals surface area (Å²) in [5, 5.41) is 2.68. The average Bonchev–Trinajstić information content (AvgIpc) is 2.88. The topological polar surface area (TPSA) is 86.8 Å². The minimum Gasteiger partial charge on any atom is -0.357 e. The molecule has 0 heterocycles. The van der Waals surface area contributed by atoms with Crippen molar-refractivity contribution in [1.82, 2.24) is 10.2 Å². The zero-order chi connectivity index (χ0) is 27.3. The molecule has 0 bridgehead atoms. The molecule has 0 aliphatic heterocycles. The third kappa shape index (κ3) is 6.84. The van der Waals surface area contributed by atoms with Crippen molar-refractivity contribution in [2.24, 2.45) is 0 Å². The smallest absolute Gasteiger partial charge is 0.264 e. The second-order valence-corrected chi connectivity index (χ2v) is 11.9. The van der Waals surface area contributed by atoms with Crippen LogP contribution in [0.1, 0.15) is 18.1 Å². The van der Waals surface area contributed by atoms with E-state index in [1.807, 2.05) is 31.2 Å². The van der Waals surface area contributed by atoms with Crippen molar-refractivity contribution in [3.8, 4) is 0 Å². The van der Waals surface area contributed by atoms with Crippen molar-refractivity contribution in [2.75, 3.05) is 17.9 Å². The Hall–Kier alpha value is -2.59. The summed E-state index contributed by atoms with van der Waals surface area (Å²) >= 11 is 16.0. The van der Waals surface area contributed by atoms with Crippen molar-refractivity contribution in [3.63, 3.8) is 0 Å². The van der Waals surface area contributed by atoms with Crippen LogP contribution in [0.3, 0.4) is 0 Å². The van der Waals surface area contributed by atoms with Gasteiger partial charge in [0, 0.05) is 18.1 Å². The predicted octanol–water partition coefficient (Wildman–Crippen LogP) is 5.42. The summed E-state index contributed by atoms with van der Waals surface area (Å²) in [7, 11) is -2.76. The zero-order valence-corrected chi connectivity index (χ0v) is 24.3. The van der Waals surface area contributed by atoms with Gasteiger partial charge in [-0.05, 0) is 55.8 Å². The molecule has 3 aromatic carbocycles. The fourth-order valence-electron chi connectivity index (χ4n) is 3.61. The van der Waals surface area contributed by atoms with Crippen LogP contribution in [0.15, 0.2) is 76.1 Å². The number of anilines is 1. The Morgan fingerprint density at radius 3 is 2.22 bits per heavy atom. The van der Waals surface area contributed by atoms with Gasteiger partial charge in [-0.15, -0.1) is 0 Å². The lowest BCUT2D eigenvalue weighted by molar-refractivity contribution is -0.139. The van der Waals surface area contributed by atoms with Gasteiger partial charge in [0.25, 0.3) is 10.0 Å².